The highest BCUT2D eigenvalue weighted by molar-refractivity contribution is 5.85. The summed E-state index contributed by atoms with van der Waals surface area (Å²) in [5.74, 6) is 0.471. The van der Waals surface area contributed by atoms with Crippen LogP contribution in [0.5, 0.6) is 5.75 Å². The number of phenols is 1. The zero-order valence-electron chi connectivity index (χ0n) is 17.4. The van der Waals surface area contributed by atoms with E-state index >= 15 is 0 Å². The maximum Gasteiger partial charge on any atom is 0.119 e. The number of benzene rings is 2. The van der Waals surface area contributed by atoms with E-state index in [2.05, 4.69) is 69.0 Å². The first kappa shape index (κ1) is 24.0. The van der Waals surface area contributed by atoms with Crippen LogP contribution in [0.3, 0.4) is 0 Å². The molecule has 0 heterocycles. The Kier molecular flexibility index (Phi) is 10.1. The molecule has 1 N–H and O–H groups in total. The number of phenolic OH excluding ortho intramolecular Hbond substituents is 1. The molecule has 3 nitrogen and oxygen atoms in total. The number of rotatable bonds is 9. The maximum absolute atomic E-state index is 10.6. The number of aromatic hydroxyl groups is 1. The van der Waals surface area contributed by atoms with E-state index in [1.807, 2.05) is 12.1 Å². The maximum atomic E-state index is 10.6. The van der Waals surface area contributed by atoms with E-state index in [0.29, 0.717) is 24.3 Å². The van der Waals surface area contributed by atoms with Crippen molar-refractivity contribution in [2.75, 3.05) is 6.54 Å². The van der Waals surface area contributed by atoms with Gasteiger partial charge in [0.05, 0.1) is 6.07 Å². The first-order valence-corrected chi connectivity index (χ1v) is 9.93. The molecule has 0 aliphatic rings. The van der Waals surface area contributed by atoms with Crippen LogP contribution in [-0.2, 0) is 6.42 Å². The van der Waals surface area contributed by atoms with Crippen LogP contribution in [0.2, 0.25) is 0 Å². The van der Waals surface area contributed by atoms with Gasteiger partial charge in [-0.1, -0.05) is 42.5 Å². The number of hydrogen-bond donors (Lipinski definition) is 1. The summed E-state index contributed by atoms with van der Waals surface area (Å²) in [5.41, 5.74) is 3.29. The molecule has 1 atom stereocenters. The van der Waals surface area contributed by atoms with Crippen molar-refractivity contribution in [3.05, 3.63) is 65.2 Å². The summed E-state index contributed by atoms with van der Waals surface area (Å²) in [5, 5.41) is 19.5. The molecule has 28 heavy (non-hydrogen) atoms. The van der Waals surface area contributed by atoms with E-state index in [0.717, 1.165) is 30.5 Å². The van der Waals surface area contributed by atoms with Gasteiger partial charge < -0.3 is 5.11 Å². The Morgan fingerprint density at radius 1 is 1.00 bits per heavy atom. The SMILES string of the molecule is CC(C)N(CC[C@H](c1ccccc1)c1cc(CCC#N)ccc1O)C(C)C.Cl. The molecular weight excluding hydrogens is 368 g/mol. The van der Waals surface area contributed by atoms with E-state index in [4.69, 9.17) is 5.26 Å². The van der Waals surface area contributed by atoms with Gasteiger partial charge in [0.1, 0.15) is 5.75 Å². The molecule has 0 fully saturated rings. The van der Waals surface area contributed by atoms with Crippen molar-refractivity contribution in [2.45, 2.75) is 65.0 Å². The van der Waals surface area contributed by atoms with E-state index in [1.54, 1.807) is 6.07 Å². The van der Waals surface area contributed by atoms with Gasteiger partial charge in [-0.05, 0) is 64.3 Å². The highest BCUT2D eigenvalue weighted by atomic mass is 35.5. The molecule has 152 valence electrons. The van der Waals surface area contributed by atoms with Gasteiger partial charge in [0.2, 0.25) is 0 Å². The average molecular weight is 401 g/mol. The topological polar surface area (TPSA) is 47.3 Å². The van der Waals surface area contributed by atoms with Crippen LogP contribution >= 0.6 is 12.4 Å². The van der Waals surface area contributed by atoms with E-state index in [-0.39, 0.29) is 18.3 Å². The largest absolute Gasteiger partial charge is 0.508 e. The molecule has 2 rings (SSSR count). The van der Waals surface area contributed by atoms with Gasteiger partial charge in [-0.25, -0.2) is 0 Å². The Morgan fingerprint density at radius 2 is 1.64 bits per heavy atom. The zero-order chi connectivity index (χ0) is 19.8. The normalized spacial score (nSPS) is 12.1. The zero-order valence-corrected chi connectivity index (χ0v) is 18.2. The summed E-state index contributed by atoms with van der Waals surface area (Å²) in [7, 11) is 0. The molecular formula is C24H33ClN2O. The van der Waals surface area contributed by atoms with Crippen molar-refractivity contribution in [3.8, 4) is 11.8 Å². The minimum Gasteiger partial charge on any atom is -0.508 e. The average Bonchev–Trinajstić information content (AvgIpc) is 2.65. The molecule has 0 unspecified atom stereocenters. The highest BCUT2D eigenvalue weighted by Crippen LogP contribution is 2.35. The van der Waals surface area contributed by atoms with Gasteiger partial charge in [-0.3, -0.25) is 4.90 Å². The van der Waals surface area contributed by atoms with Gasteiger partial charge in [0.15, 0.2) is 0 Å². The second-order valence-corrected chi connectivity index (χ2v) is 7.73. The van der Waals surface area contributed by atoms with Crippen LogP contribution in [0, 0.1) is 11.3 Å². The van der Waals surface area contributed by atoms with Crippen molar-refractivity contribution >= 4 is 12.4 Å². The second-order valence-electron chi connectivity index (χ2n) is 7.73. The molecule has 2 aromatic carbocycles. The summed E-state index contributed by atoms with van der Waals surface area (Å²) >= 11 is 0. The van der Waals surface area contributed by atoms with Crippen molar-refractivity contribution in [1.82, 2.24) is 4.90 Å². The molecule has 0 saturated heterocycles. The third-order valence-electron chi connectivity index (χ3n) is 5.20. The van der Waals surface area contributed by atoms with Crippen LogP contribution in [0.15, 0.2) is 48.5 Å². The molecule has 0 amide bonds. The quantitative estimate of drug-likeness (QED) is 0.569. The molecule has 4 heteroatoms. The Bertz CT molecular complexity index is 745. The molecule has 0 bridgehead atoms. The van der Waals surface area contributed by atoms with Gasteiger partial charge in [0, 0.05) is 30.0 Å². The summed E-state index contributed by atoms with van der Waals surface area (Å²) < 4.78 is 0. The lowest BCUT2D eigenvalue weighted by Crippen LogP contribution is -2.38. The summed E-state index contributed by atoms with van der Waals surface area (Å²) in [4.78, 5) is 2.49. The van der Waals surface area contributed by atoms with Crippen LogP contribution in [0.1, 0.15) is 63.1 Å². The smallest absolute Gasteiger partial charge is 0.119 e. The number of nitriles is 1. The lowest BCUT2D eigenvalue weighted by atomic mass is 9.86. The van der Waals surface area contributed by atoms with Crippen LogP contribution in [0.4, 0.5) is 0 Å². The predicted molar refractivity (Wildman–Crippen MR) is 119 cm³/mol. The fourth-order valence-electron chi connectivity index (χ4n) is 3.82. The number of hydrogen-bond acceptors (Lipinski definition) is 3. The van der Waals surface area contributed by atoms with Crippen LogP contribution in [-0.4, -0.2) is 28.6 Å². The monoisotopic (exact) mass is 400 g/mol. The van der Waals surface area contributed by atoms with Gasteiger partial charge in [-0.15, -0.1) is 12.4 Å². The number of nitrogens with zero attached hydrogens (tertiary/aromatic N) is 2. The van der Waals surface area contributed by atoms with Crippen molar-refractivity contribution in [3.63, 3.8) is 0 Å². The molecule has 2 aromatic rings. The van der Waals surface area contributed by atoms with E-state index in [9.17, 15) is 5.11 Å². The number of aryl methyl sites for hydroxylation is 1. The van der Waals surface area contributed by atoms with Gasteiger partial charge >= 0.3 is 0 Å². The lowest BCUT2D eigenvalue weighted by Gasteiger charge is -2.32. The summed E-state index contributed by atoms with van der Waals surface area (Å²) in [6.45, 7) is 9.90. The first-order valence-electron chi connectivity index (χ1n) is 9.93. The van der Waals surface area contributed by atoms with Crippen molar-refractivity contribution < 1.29 is 5.11 Å². The molecule has 0 radical (unpaired) electrons. The fraction of sp³-hybridized carbons (Fsp3) is 0.458. The van der Waals surface area contributed by atoms with Crippen molar-refractivity contribution in [2.24, 2.45) is 0 Å². The second kappa shape index (κ2) is 11.7. The standard InChI is InChI=1S/C24H32N2O.ClH/c1-18(2)26(19(3)4)16-14-22(21-10-6-5-7-11-21)23-17-20(9-8-15-25)12-13-24(23)27;/h5-7,10-13,17-19,22,27H,8-9,14,16H2,1-4H3;1H/t22-;/m1./s1. The summed E-state index contributed by atoms with van der Waals surface area (Å²) in [6, 6.07) is 19.4. The molecule has 0 aliphatic heterocycles. The lowest BCUT2D eigenvalue weighted by molar-refractivity contribution is 0.170. The van der Waals surface area contributed by atoms with Gasteiger partial charge in [-0.2, -0.15) is 5.26 Å². The minimum atomic E-state index is 0. The van der Waals surface area contributed by atoms with E-state index in [1.165, 1.54) is 5.56 Å². The third kappa shape index (κ3) is 6.55. The molecule has 0 spiro atoms. The van der Waals surface area contributed by atoms with E-state index < -0.39 is 0 Å². The predicted octanol–water partition coefficient (Wildman–Crippen LogP) is 5.91. The number of halogens is 1. The first-order chi connectivity index (χ1) is 12.9. The Hall–Kier alpha value is -2.02. The minimum absolute atomic E-state index is 0. The van der Waals surface area contributed by atoms with Gasteiger partial charge in [0.25, 0.3) is 0 Å². The highest BCUT2D eigenvalue weighted by Gasteiger charge is 2.21. The molecule has 0 aromatic heterocycles. The van der Waals surface area contributed by atoms with Crippen LogP contribution < -0.4 is 0 Å². The Balaban J connectivity index is 0.00000392. The Labute approximate surface area is 176 Å². The van der Waals surface area contributed by atoms with Crippen LogP contribution in [0.25, 0.3) is 0 Å². The Morgan fingerprint density at radius 3 is 2.21 bits per heavy atom. The molecule has 0 saturated carbocycles. The summed E-state index contributed by atoms with van der Waals surface area (Å²) in [6.07, 6.45) is 2.15. The third-order valence-corrected chi connectivity index (χ3v) is 5.20. The van der Waals surface area contributed by atoms with Crippen molar-refractivity contribution in [1.29, 1.82) is 5.26 Å². The molecule has 0 aliphatic carbocycles. The fourth-order valence-corrected chi connectivity index (χ4v) is 3.82.